The van der Waals surface area contributed by atoms with Gasteiger partial charge >= 0.3 is 6.18 Å². The van der Waals surface area contributed by atoms with Gasteiger partial charge in [0.05, 0.1) is 5.56 Å². The van der Waals surface area contributed by atoms with Gasteiger partial charge in [-0.25, -0.2) is 8.78 Å². The summed E-state index contributed by atoms with van der Waals surface area (Å²) in [5.41, 5.74) is -0.794. The molecule has 0 spiro atoms. The van der Waals surface area contributed by atoms with Crippen LogP contribution in [0.1, 0.15) is 31.2 Å². The summed E-state index contributed by atoms with van der Waals surface area (Å²) < 4.78 is 64.3. The van der Waals surface area contributed by atoms with Crippen LogP contribution >= 0.6 is 0 Å². The molecule has 0 radical (unpaired) electrons. The van der Waals surface area contributed by atoms with Crippen molar-refractivity contribution in [3.8, 4) is 0 Å². The van der Waals surface area contributed by atoms with Gasteiger partial charge < -0.3 is 5.32 Å². The summed E-state index contributed by atoms with van der Waals surface area (Å²) in [6.07, 6.45) is -4.64. The molecule has 1 saturated carbocycles. The van der Waals surface area contributed by atoms with Crippen LogP contribution < -0.4 is 5.32 Å². The van der Waals surface area contributed by atoms with E-state index in [1.807, 2.05) is 0 Å². The highest BCUT2D eigenvalue weighted by Gasteiger charge is 2.37. The van der Waals surface area contributed by atoms with Gasteiger partial charge in [-0.2, -0.15) is 13.2 Å². The van der Waals surface area contributed by atoms with E-state index < -0.39 is 17.7 Å². The SMILES string of the molecule is FC1(F)CCC(Nc2ccccc2C(F)(F)F)CC1. The van der Waals surface area contributed by atoms with Crippen molar-refractivity contribution in [1.29, 1.82) is 0 Å². The lowest BCUT2D eigenvalue weighted by atomic mass is 9.92. The zero-order valence-corrected chi connectivity index (χ0v) is 10.1. The smallest absolute Gasteiger partial charge is 0.382 e. The molecule has 1 aliphatic carbocycles. The van der Waals surface area contributed by atoms with Crippen molar-refractivity contribution < 1.29 is 22.0 Å². The molecule has 1 aliphatic rings. The first-order valence-corrected chi connectivity index (χ1v) is 6.08. The lowest BCUT2D eigenvalue weighted by Crippen LogP contribution is -2.32. The Morgan fingerprint density at radius 3 is 2.21 bits per heavy atom. The van der Waals surface area contributed by atoms with Gasteiger partial charge in [0.2, 0.25) is 5.92 Å². The van der Waals surface area contributed by atoms with E-state index >= 15 is 0 Å². The number of halogens is 5. The molecule has 0 atom stereocenters. The summed E-state index contributed by atoms with van der Waals surface area (Å²) in [6.45, 7) is 0. The second-order valence-electron chi connectivity index (χ2n) is 4.82. The Balaban J connectivity index is 2.08. The van der Waals surface area contributed by atoms with Gasteiger partial charge in [0, 0.05) is 24.6 Å². The van der Waals surface area contributed by atoms with Crippen LogP contribution in [0.3, 0.4) is 0 Å². The fraction of sp³-hybridized carbons (Fsp3) is 0.538. The van der Waals surface area contributed by atoms with Gasteiger partial charge in [-0.1, -0.05) is 12.1 Å². The van der Waals surface area contributed by atoms with E-state index in [-0.39, 0.29) is 37.4 Å². The molecule has 0 heterocycles. The zero-order chi connectivity index (χ0) is 14.1. The van der Waals surface area contributed by atoms with Crippen LogP contribution in [0.5, 0.6) is 0 Å². The number of benzene rings is 1. The van der Waals surface area contributed by atoms with E-state index in [0.29, 0.717) is 0 Å². The third-order valence-electron chi connectivity index (χ3n) is 3.31. The average molecular weight is 279 g/mol. The molecule has 6 heteroatoms. The molecular weight excluding hydrogens is 265 g/mol. The van der Waals surface area contributed by atoms with Gasteiger partial charge in [-0.3, -0.25) is 0 Å². The molecule has 2 rings (SSSR count). The first-order valence-electron chi connectivity index (χ1n) is 6.08. The summed E-state index contributed by atoms with van der Waals surface area (Å²) in [6, 6.07) is 4.79. The molecule has 19 heavy (non-hydrogen) atoms. The van der Waals surface area contributed by atoms with Crippen LogP contribution in [-0.2, 0) is 6.18 Å². The van der Waals surface area contributed by atoms with Crippen molar-refractivity contribution in [2.24, 2.45) is 0 Å². The Hall–Kier alpha value is -1.33. The predicted octanol–water partition coefficient (Wildman–Crippen LogP) is 4.70. The standard InChI is InChI=1S/C13H14F5N/c14-12(15)7-5-9(6-8-12)19-11-4-2-1-3-10(11)13(16,17)18/h1-4,9,19H,5-8H2. The fourth-order valence-electron chi connectivity index (χ4n) is 2.26. The number of nitrogens with one attached hydrogen (secondary N) is 1. The van der Waals surface area contributed by atoms with E-state index in [9.17, 15) is 22.0 Å². The molecule has 0 unspecified atom stereocenters. The Kier molecular flexibility index (Phi) is 3.69. The average Bonchev–Trinajstić information content (AvgIpc) is 2.31. The lowest BCUT2D eigenvalue weighted by Gasteiger charge is -2.30. The highest BCUT2D eigenvalue weighted by Crippen LogP contribution is 2.38. The Bertz CT molecular complexity index is 431. The van der Waals surface area contributed by atoms with Gasteiger partial charge in [-0.05, 0) is 25.0 Å². The summed E-state index contributed by atoms with van der Waals surface area (Å²) >= 11 is 0. The number of para-hydroxylation sites is 1. The van der Waals surface area contributed by atoms with Gasteiger partial charge in [0.1, 0.15) is 0 Å². The van der Waals surface area contributed by atoms with Gasteiger partial charge in [0.15, 0.2) is 0 Å². The van der Waals surface area contributed by atoms with Gasteiger partial charge in [-0.15, -0.1) is 0 Å². The third-order valence-corrected chi connectivity index (χ3v) is 3.31. The zero-order valence-electron chi connectivity index (χ0n) is 10.1. The molecular formula is C13H14F5N. The molecule has 1 N–H and O–H groups in total. The number of rotatable bonds is 2. The normalized spacial score (nSPS) is 20.3. The minimum Gasteiger partial charge on any atom is -0.382 e. The number of hydrogen-bond donors (Lipinski definition) is 1. The molecule has 1 fully saturated rings. The van der Waals surface area contributed by atoms with Crippen LogP contribution in [-0.4, -0.2) is 12.0 Å². The van der Waals surface area contributed by atoms with E-state index in [1.165, 1.54) is 18.2 Å². The minimum absolute atomic E-state index is 0.0368. The van der Waals surface area contributed by atoms with Gasteiger partial charge in [0.25, 0.3) is 0 Å². The van der Waals surface area contributed by atoms with Crippen LogP contribution in [0.2, 0.25) is 0 Å². The molecule has 0 amide bonds. The monoisotopic (exact) mass is 279 g/mol. The first kappa shape index (κ1) is 14.1. The maximum atomic E-state index is 13.0. The number of alkyl halides is 5. The molecule has 1 aromatic carbocycles. The van der Waals surface area contributed by atoms with E-state index in [1.54, 1.807) is 0 Å². The Morgan fingerprint density at radius 1 is 1.05 bits per heavy atom. The highest BCUT2D eigenvalue weighted by molar-refractivity contribution is 5.53. The van der Waals surface area contributed by atoms with Crippen molar-refractivity contribution in [1.82, 2.24) is 0 Å². The molecule has 106 valence electrons. The maximum Gasteiger partial charge on any atom is 0.418 e. The maximum absolute atomic E-state index is 13.0. The second-order valence-corrected chi connectivity index (χ2v) is 4.82. The quantitative estimate of drug-likeness (QED) is 0.774. The fourth-order valence-corrected chi connectivity index (χ4v) is 2.26. The lowest BCUT2D eigenvalue weighted by molar-refractivity contribution is -0.137. The van der Waals surface area contributed by atoms with E-state index in [0.717, 1.165) is 6.07 Å². The molecule has 0 bridgehead atoms. The summed E-state index contributed by atoms with van der Waals surface area (Å²) in [5, 5.41) is 2.74. The van der Waals surface area contributed by atoms with Crippen molar-refractivity contribution in [3.63, 3.8) is 0 Å². The molecule has 0 aromatic heterocycles. The van der Waals surface area contributed by atoms with Crippen molar-refractivity contribution >= 4 is 5.69 Å². The van der Waals surface area contributed by atoms with E-state index in [4.69, 9.17) is 0 Å². The van der Waals surface area contributed by atoms with Crippen LogP contribution in [0.25, 0.3) is 0 Å². The van der Waals surface area contributed by atoms with Crippen LogP contribution in [0, 0.1) is 0 Å². The molecule has 0 aliphatic heterocycles. The number of hydrogen-bond acceptors (Lipinski definition) is 1. The van der Waals surface area contributed by atoms with Crippen LogP contribution in [0.4, 0.5) is 27.6 Å². The summed E-state index contributed by atoms with van der Waals surface area (Å²) in [4.78, 5) is 0. The first-order chi connectivity index (χ1) is 8.78. The summed E-state index contributed by atoms with van der Waals surface area (Å²) in [7, 11) is 0. The Labute approximate surface area is 107 Å². The van der Waals surface area contributed by atoms with E-state index in [2.05, 4.69) is 5.32 Å². The minimum atomic E-state index is -4.44. The largest absolute Gasteiger partial charge is 0.418 e. The summed E-state index contributed by atoms with van der Waals surface area (Å²) in [5.74, 6) is -2.68. The van der Waals surface area contributed by atoms with Crippen molar-refractivity contribution in [2.75, 3.05) is 5.32 Å². The number of anilines is 1. The topological polar surface area (TPSA) is 12.0 Å². The molecule has 0 saturated heterocycles. The highest BCUT2D eigenvalue weighted by atomic mass is 19.4. The van der Waals surface area contributed by atoms with Crippen LogP contribution in [0.15, 0.2) is 24.3 Å². The third kappa shape index (κ3) is 3.58. The molecule has 1 aromatic rings. The van der Waals surface area contributed by atoms with Crippen molar-refractivity contribution in [2.45, 2.75) is 43.8 Å². The second kappa shape index (κ2) is 4.98. The van der Waals surface area contributed by atoms with Crippen molar-refractivity contribution in [3.05, 3.63) is 29.8 Å². The predicted molar refractivity (Wildman–Crippen MR) is 62.3 cm³/mol. The Morgan fingerprint density at radius 2 is 1.63 bits per heavy atom. The molecule has 1 nitrogen and oxygen atoms in total.